The number of amides is 2. The molecular formula is C19H19N3O3. The largest absolute Gasteiger partial charge is 0.484 e. The van der Waals surface area contributed by atoms with E-state index in [0.717, 1.165) is 35.5 Å². The SMILES string of the molecule is O=C1CCc2cc(OCC(=O)N3CCCc4ncccc43)ccc2N1. The maximum Gasteiger partial charge on any atom is 0.264 e. The molecule has 3 heterocycles. The summed E-state index contributed by atoms with van der Waals surface area (Å²) in [5, 5.41) is 2.84. The molecule has 128 valence electrons. The van der Waals surface area contributed by atoms with Crippen molar-refractivity contribution >= 4 is 23.2 Å². The minimum Gasteiger partial charge on any atom is -0.484 e. The van der Waals surface area contributed by atoms with E-state index < -0.39 is 0 Å². The number of hydrogen-bond donors (Lipinski definition) is 1. The van der Waals surface area contributed by atoms with Crippen molar-refractivity contribution in [2.45, 2.75) is 25.7 Å². The number of fused-ring (bicyclic) bond motifs is 2. The van der Waals surface area contributed by atoms with Crippen molar-refractivity contribution in [1.29, 1.82) is 0 Å². The van der Waals surface area contributed by atoms with Crippen LogP contribution in [0.3, 0.4) is 0 Å². The molecule has 4 rings (SSSR count). The van der Waals surface area contributed by atoms with Gasteiger partial charge in [0.1, 0.15) is 5.75 Å². The van der Waals surface area contributed by atoms with Gasteiger partial charge in [-0.25, -0.2) is 0 Å². The van der Waals surface area contributed by atoms with Crippen LogP contribution >= 0.6 is 0 Å². The first-order valence-corrected chi connectivity index (χ1v) is 8.50. The molecule has 0 bridgehead atoms. The number of ether oxygens (including phenoxy) is 1. The van der Waals surface area contributed by atoms with Gasteiger partial charge in [0.05, 0.1) is 11.4 Å². The summed E-state index contributed by atoms with van der Waals surface area (Å²) in [6.07, 6.45) is 4.74. The summed E-state index contributed by atoms with van der Waals surface area (Å²) in [6, 6.07) is 9.29. The number of rotatable bonds is 3. The summed E-state index contributed by atoms with van der Waals surface area (Å²) in [5.41, 5.74) is 3.71. The third kappa shape index (κ3) is 3.20. The average Bonchev–Trinajstić information content (AvgIpc) is 2.65. The lowest BCUT2D eigenvalue weighted by atomic mass is 10.0. The molecule has 2 aliphatic heterocycles. The summed E-state index contributed by atoms with van der Waals surface area (Å²) in [5.74, 6) is 0.611. The highest BCUT2D eigenvalue weighted by molar-refractivity contribution is 5.95. The zero-order valence-electron chi connectivity index (χ0n) is 13.8. The Labute approximate surface area is 145 Å². The molecule has 0 saturated heterocycles. The van der Waals surface area contributed by atoms with Crippen molar-refractivity contribution in [2.24, 2.45) is 0 Å². The quantitative estimate of drug-likeness (QED) is 0.933. The van der Waals surface area contributed by atoms with Gasteiger partial charge in [-0.1, -0.05) is 0 Å². The molecule has 0 atom stereocenters. The Bertz CT molecular complexity index is 834. The fourth-order valence-electron chi connectivity index (χ4n) is 3.32. The van der Waals surface area contributed by atoms with Gasteiger partial charge < -0.3 is 15.0 Å². The number of nitrogens with zero attached hydrogens (tertiary/aromatic N) is 2. The molecule has 0 spiro atoms. The lowest BCUT2D eigenvalue weighted by Crippen LogP contribution is -2.38. The molecule has 1 N–H and O–H groups in total. The zero-order chi connectivity index (χ0) is 17.2. The van der Waals surface area contributed by atoms with Gasteiger partial charge in [0.2, 0.25) is 5.91 Å². The Morgan fingerprint density at radius 1 is 1.24 bits per heavy atom. The van der Waals surface area contributed by atoms with E-state index in [2.05, 4.69) is 10.3 Å². The second-order valence-electron chi connectivity index (χ2n) is 6.27. The normalized spacial score (nSPS) is 15.8. The van der Waals surface area contributed by atoms with Crippen molar-refractivity contribution in [3.63, 3.8) is 0 Å². The van der Waals surface area contributed by atoms with Gasteiger partial charge in [0.25, 0.3) is 5.91 Å². The average molecular weight is 337 g/mol. The van der Waals surface area contributed by atoms with E-state index in [0.29, 0.717) is 25.1 Å². The van der Waals surface area contributed by atoms with Gasteiger partial charge in [0, 0.05) is 24.8 Å². The fraction of sp³-hybridized carbons (Fsp3) is 0.316. The van der Waals surface area contributed by atoms with Crippen LogP contribution in [-0.4, -0.2) is 29.9 Å². The maximum absolute atomic E-state index is 12.6. The van der Waals surface area contributed by atoms with E-state index in [4.69, 9.17) is 4.74 Å². The molecular weight excluding hydrogens is 318 g/mol. The molecule has 0 aliphatic carbocycles. The first kappa shape index (κ1) is 15.6. The van der Waals surface area contributed by atoms with Crippen molar-refractivity contribution < 1.29 is 14.3 Å². The van der Waals surface area contributed by atoms with Crippen LogP contribution < -0.4 is 15.0 Å². The third-order valence-corrected chi connectivity index (χ3v) is 4.59. The lowest BCUT2D eigenvalue weighted by molar-refractivity contribution is -0.120. The van der Waals surface area contributed by atoms with Gasteiger partial charge in [0.15, 0.2) is 6.61 Å². The molecule has 0 fully saturated rings. The monoisotopic (exact) mass is 337 g/mol. The second kappa shape index (κ2) is 6.55. The highest BCUT2D eigenvalue weighted by atomic mass is 16.5. The van der Waals surface area contributed by atoms with Crippen LogP contribution in [0, 0.1) is 0 Å². The third-order valence-electron chi connectivity index (χ3n) is 4.59. The number of aromatic nitrogens is 1. The fourth-order valence-corrected chi connectivity index (χ4v) is 3.32. The molecule has 25 heavy (non-hydrogen) atoms. The van der Waals surface area contributed by atoms with Gasteiger partial charge >= 0.3 is 0 Å². The minimum absolute atomic E-state index is 0.0144. The molecule has 2 aromatic rings. The summed E-state index contributed by atoms with van der Waals surface area (Å²) in [6.45, 7) is 0.677. The van der Waals surface area contributed by atoms with Crippen LogP contribution in [-0.2, 0) is 22.4 Å². The highest BCUT2D eigenvalue weighted by Gasteiger charge is 2.23. The Balaban J connectivity index is 1.44. The van der Waals surface area contributed by atoms with Gasteiger partial charge in [-0.15, -0.1) is 0 Å². The van der Waals surface area contributed by atoms with E-state index >= 15 is 0 Å². The Morgan fingerprint density at radius 3 is 3.08 bits per heavy atom. The first-order valence-electron chi connectivity index (χ1n) is 8.50. The predicted octanol–water partition coefficient (Wildman–Crippen LogP) is 2.32. The zero-order valence-corrected chi connectivity index (χ0v) is 13.8. The molecule has 0 unspecified atom stereocenters. The van der Waals surface area contributed by atoms with E-state index in [1.165, 1.54) is 0 Å². The number of anilines is 2. The molecule has 1 aromatic heterocycles. The molecule has 6 heteroatoms. The van der Waals surface area contributed by atoms with Crippen molar-refractivity contribution in [3.8, 4) is 5.75 Å². The molecule has 1 aromatic carbocycles. The van der Waals surface area contributed by atoms with E-state index in [1.54, 1.807) is 17.2 Å². The van der Waals surface area contributed by atoms with Crippen LogP contribution in [0.25, 0.3) is 0 Å². The minimum atomic E-state index is -0.0695. The number of aryl methyl sites for hydroxylation is 2. The van der Waals surface area contributed by atoms with Crippen molar-refractivity contribution in [2.75, 3.05) is 23.4 Å². The first-order chi connectivity index (χ1) is 12.2. The number of pyridine rings is 1. The van der Waals surface area contributed by atoms with Crippen molar-refractivity contribution in [3.05, 3.63) is 47.8 Å². The Kier molecular flexibility index (Phi) is 4.09. The maximum atomic E-state index is 12.6. The van der Waals surface area contributed by atoms with E-state index in [1.807, 2.05) is 24.3 Å². The van der Waals surface area contributed by atoms with E-state index in [9.17, 15) is 9.59 Å². The number of carbonyl (C=O) groups is 2. The van der Waals surface area contributed by atoms with E-state index in [-0.39, 0.29) is 18.4 Å². The van der Waals surface area contributed by atoms with Gasteiger partial charge in [-0.05, 0) is 55.2 Å². The molecule has 0 saturated carbocycles. The number of benzene rings is 1. The molecule has 6 nitrogen and oxygen atoms in total. The second-order valence-corrected chi connectivity index (χ2v) is 6.27. The summed E-state index contributed by atoms with van der Waals surface area (Å²) >= 11 is 0. The van der Waals surface area contributed by atoms with Crippen LogP contribution in [0.1, 0.15) is 24.1 Å². The Hall–Kier alpha value is -2.89. The van der Waals surface area contributed by atoms with Crippen LogP contribution in [0.5, 0.6) is 5.75 Å². The van der Waals surface area contributed by atoms with Crippen LogP contribution in [0.2, 0.25) is 0 Å². The number of hydrogen-bond acceptors (Lipinski definition) is 4. The predicted molar refractivity (Wildman–Crippen MR) is 93.8 cm³/mol. The molecule has 0 radical (unpaired) electrons. The van der Waals surface area contributed by atoms with Gasteiger partial charge in [-0.2, -0.15) is 0 Å². The van der Waals surface area contributed by atoms with Gasteiger partial charge in [-0.3, -0.25) is 14.6 Å². The summed E-state index contributed by atoms with van der Waals surface area (Å²) in [4.78, 5) is 30.1. The van der Waals surface area contributed by atoms with Crippen molar-refractivity contribution in [1.82, 2.24) is 4.98 Å². The Morgan fingerprint density at radius 2 is 2.16 bits per heavy atom. The number of nitrogens with one attached hydrogen (secondary N) is 1. The van der Waals surface area contributed by atoms with Crippen LogP contribution in [0.4, 0.5) is 11.4 Å². The summed E-state index contributed by atoms with van der Waals surface area (Å²) in [7, 11) is 0. The standard InChI is InChI=1S/C19H19N3O3/c23-18-8-5-13-11-14(6-7-15(13)21-18)25-12-19(24)22-10-2-3-16-17(22)4-1-9-20-16/h1,4,6-7,9,11H,2-3,5,8,10,12H2,(H,21,23). The highest BCUT2D eigenvalue weighted by Crippen LogP contribution is 2.28. The topological polar surface area (TPSA) is 71.5 Å². The number of carbonyl (C=O) groups excluding carboxylic acids is 2. The lowest BCUT2D eigenvalue weighted by Gasteiger charge is -2.28. The summed E-state index contributed by atoms with van der Waals surface area (Å²) < 4.78 is 5.70. The van der Waals surface area contributed by atoms with Crippen LogP contribution in [0.15, 0.2) is 36.5 Å². The molecule has 2 amide bonds. The smallest absolute Gasteiger partial charge is 0.264 e. The molecule has 2 aliphatic rings.